The molecule has 1 aliphatic rings. The number of carbonyl (C=O) groups is 2. The Labute approximate surface area is 142 Å². The Morgan fingerprint density at radius 2 is 1.79 bits per heavy atom. The minimum atomic E-state index is -0.281. The van der Waals surface area contributed by atoms with Gasteiger partial charge in [0.15, 0.2) is 11.6 Å². The van der Waals surface area contributed by atoms with Crippen LogP contribution in [0.3, 0.4) is 0 Å². The van der Waals surface area contributed by atoms with Gasteiger partial charge in [-0.3, -0.25) is 9.59 Å². The summed E-state index contributed by atoms with van der Waals surface area (Å²) in [4.78, 5) is 24.8. The van der Waals surface area contributed by atoms with E-state index in [9.17, 15) is 14.7 Å². The number of ketones is 2. The first-order valence-electron chi connectivity index (χ1n) is 8.26. The molecule has 0 unspecified atom stereocenters. The van der Waals surface area contributed by atoms with Crippen molar-refractivity contribution in [3.8, 4) is 6.07 Å². The number of Topliss-reactive ketones (excluding diaryl/α,β-unsaturated/α-hetero) is 2. The third-order valence-corrected chi connectivity index (χ3v) is 4.90. The van der Waals surface area contributed by atoms with Crippen molar-refractivity contribution in [3.05, 3.63) is 45.2 Å². The van der Waals surface area contributed by atoms with Crippen LogP contribution in [-0.4, -0.2) is 16.7 Å². The molecule has 1 N–H and O–H groups in total. The van der Waals surface area contributed by atoms with E-state index in [4.69, 9.17) is 5.26 Å². The normalized spacial score (nSPS) is 17.8. The van der Waals surface area contributed by atoms with Gasteiger partial charge in [0.25, 0.3) is 0 Å². The molecule has 0 heterocycles. The highest BCUT2D eigenvalue weighted by Crippen LogP contribution is 2.38. The lowest BCUT2D eigenvalue weighted by molar-refractivity contribution is -0.124. The fourth-order valence-electron chi connectivity index (χ4n) is 3.81. The number of allylic oxidation sites excluding steroid dienone is 2. The molecule has 1 fully saturated rings. The maximum atomic E-state index is 12.4. The molecule has 4 nitrogen and oxygen atoms in total. The summed E-state index contributed by atoms with van der Waals surface area (Å²) < 4.78 is 0. The largest absolute Gasteiger partial charge is 0.511 e. The summed E-state index contributed by atoms with van der Waals surface area (Å²) in [5.41, 5.74) is 5.08. The number of nitrogens with zero attached hydrogens (tertiary/aromatic N) is 1. The minimum absolute atomic E-state index is 0.0200. The summed E-state index contributed by atoms with van der Waals surface area (Å²) in [6.45, 7) is 7.65. The number of carbonyl (C=O) groups excluding carboxylic acids is 2. The van der Waals surface area contributed by atoms with Gasteiger partial charge >= 0.3 is 0 Å². The highest BCUT2D eigenvalue weighted by atomic mass is 16.3. The first-order valence-corrected chi connectivity index (χ1v) is 8.26. The lowest BCUT2D eigenvalue weighted by atomic mass is 9.75. The monoisotopic (exact) mass is 325 g/mol. The van der Waals surface area contributed by atoms with Crippen LogP contribution in [0.1, 0.15) is 59.9 Å². The fourth-order valence-corrected chi connectivity index (χ4v) is 3.81. The average Bonchev–Trinajstić information content (AvgIpc) is 2.50. The standard InChI is InChI=1S/C20H23NO3/c1-5-16(22)20-17(23)9-14(10-18(20)24)19-12(3)8-11(2)15(6-7-21)13(19)4/h8,14,22H,5-6,9-10H2,1-4H3. The van der Waals surface area contributed by atoms with Crippen molar-refractivity contribution in [2.45, 2.75) is 59.3 Å². The van der Waals surface area contributed by atoms with E-state index in [2.05, 4.69) is 6.07 Å². The van der Waals surface area contributed by atoms with Crippen molar-refractivity contribution in [1.82, 2.24) is 0 Å². The summed E-state index contributed by atoms with van der Waals surface area (Å²) in [6.07, 6.45) is 1.05. The summed E-state index contributed by atoms with van der Waals surface area (Å²) in [5.74, 6) is -0.851. The van der Waals surface area contributed by atoms with Gasteiger partial charge < -0.3 is 5.11 Å². The molecule has 1 saturated carbocycles. The van der Waals surface area contributed by atoms with Crippen LogP contribution < -0.4 is 0 Å². The van der Waals surface area contributed by atoms with Gasteiger partial charge in [0.2, 0.25) is 0 Å². The number of hydrogen-bond acceptors (Lipinski definition) is 4. The second-order valence-electron chi connectivity index (χ2n) is 6.49. The Kier molecular flexibility index (Phi) is 5.23. The number of aliphatic hydroxyl groups is 1. The molecule has 4 heteroatoms. The zero-order valence-corrected chi connectivity index (χ0v) is 14.7. The molecule has 24 heavy (non-hydrogen) atoms. The number of aliphatic hydroxyl groups excluding tert-OH is 1. The Balaban J connectivity index is 2.49. The minimum Gasteiger partial charge on any atom is -0.511 e. The maximum Gasteiger partial charge on any atom is 0.170 e. The SMILES string of the molecule is CCC(O)=C1C(=O)CC(c2c(C)cc(C)c(CC#N)c2C)CC1=O. The molecule has 0 bridgehead atoms. The molecule has 1 aromatic carbocycles. The van der Waals surface area contributed by atoms with Crippen molar-refractivity contribution in [1.29, 1.82) is 5.26 Å². The topological polar surface area (TPSA) is 78.2 Å². The lowest BCUT2D eigenvalue weighted by Gasteiger charge is -2.27. The Morgan fingerprint density at radius 1 is 1.21 bits per heavy atom. The van der Waals surface area contributed by atoms with E-state index in [1.54, 1.807) is 6.92 Å². The van der Waals surface area contributed by atoms with Crippen molar-refractivity contribution in [3.63, 3.8) is 0 Å². The van der Waals surface area contributed by atoms with E-state index >= 15 is 0 Å². The van der Waals surface area contributed by atoms with Crippen molar-refractivity contribution >= 4 is 11.6 Å². The third kappa shape index (κ3) is 3.12. The molecule has 0 aliphatic heterocycles. The number of benzene rings is 1. The molecule has 0 amide bonds. The number of rotatable bonds is 3. The van der Waals surface area contributed by atoms with E-state index in [1.807, 2.05) is 26.8 Å². The Morgan fingerprint density at radius 3 is 2.29 bits per heavy atom. The van der Waals surface area contributed by atoms with Crippen LogP contribution in [0.2, 0.25) is 0 Å². The first-order chi connectivity index (χ1) is 11.3. The third-order valence-electron chi connectivity index (χ3n) is 4.90. The van der Waals surface area contributed by atoms with E-state index < -0.39 is 0 Å². The Bertz CT molecular complexity index is 761. The van der Waals surface area contributed by atoms with Crippen LogP contribution in [0, 0.1) is 32.1 Å². The van der Waals surface area contributed by atoms with Crippen LogP contribution in [0.5, 0.6) is 0 Å². The van der Waals surface area contributed by atoms with Crippen LogP contribution in [0.15, 0.2) is 17.4 Å². The molecule has 0 radical (unpaired) electrons. The summed E-state index contributed by atoms with van der Waals surface area (Å²) in [5, 5.41) is 18.9. The maximum absolute atomic E-state index is 12.4. The highest BCUT2D eigenvalue weighted by Gasteiger charge is 2.35. The van der Waals surface area contributed by atoms with Gasteiger partial charge in [-0.25, -0.2) is 0 Å². The van der Waals surface area contributed by atoms with Crippen LogP contribution >= 0.6 is 0 Å². The Hall–Kier alpha value is -2.41. The first kappa shape index (κ1) is 17.9. The molecular weight excluding hydrogens is 302 g/mol. The second kappa shape index (κ2) is 7.00. The molecule has 0 aromatic heterocycles. The van der Waals surface area contributed by atoms with Crippen LogP contribution in [-0.2, 0) is 16.0 Å². The summed E-state index contributed by atoms with van der Waals surface area (Å²) >= 11 is 0. The molecule has 1 aromatic rings. The van der Waals surface area contributed by atoms with E-state index in [-0.39, 0.29) is 48.1 Å². The van der Waals surface area contributed by atoms with Crippen LogP contribution in [0.4, 0.5) is 0 Å². The van der Waals surface area contributed by atoms with Crippen molar-refractivity contribution in [2.24, 2.45) is 0 Å². The van der Waals surface area contributed by atoms with Gasteiger partial charge in [0.1, 0.15) is 5.76 Å². The van der Waals surface area contributed by atoms with Gasteiger partial charge in [0, 0.05) is 19.3 Å². The molecule has 2 rings (SSSR count). The molecular formula is C20H23NO3. The smallest absolute Gasteiger partial charge is 0.170 e. The molecule has 0 spiro atoms. The van der Waals surface area contributed by atoms with Crippen molar-refractivity contribution in [2.75, 3.05) is 0 Å². The second-order valence-corrected chi connectivity index (χ2v) is 6.49. The quantitative estimate of drug-likeness (QED) is 0.519. The number of aryl methyl sites for hydroxylation is 2. The van der Waals surface area contributed by atoms with Gasteiger partial charge in [-0.15, -0.1) is 0 Å². The predicted octanol–water partition coefficient (Wildman–Crippen LogP) is 3.92. The average molecular weight is 325 g/mol. The van der Waals surface area contributed by atoms with Gasteiger partial charge in [-0.2, -0.15) is 5.26 Å². The molecule has 126 valence electrons. The number of nitriles is 1. The molecule has 0 atom stereocenters. The predicted molar refractivity (Wildman–Crippen MR) is 91.9 cm³/mol. The molecule has 1 aliphatic carbocycles. The van der Waals surface area contributed by atoms with Crippen LogP contribution in [0.25, 0.3) is 0 Å². The van der Waals surface area contributed by atoms with Gasteiger partial charge in [-0.1, -0.05) is 13.0 Å². The van der Waals surface area contributed by atoms with E-state index in [1.165, 1.54) is 0 Å². The highest BCUT2D eigenvalue weighted by molar-refractivity contribution is 6.22. The van der Waals surface area contributed by atoms with E-state index in [0.29, 0.717) is 6.42 Å². The van der Waals surface area contributed by atoms with Gasteiger partial charge in [0.05, 0.1) is 18.1 Å². The number of hydrogen-bond donors (Lipinski definition) is 1. The van der Waals surface area contributed by atoms with Gasteiger partial charge in [-0.05, 0) is 54.5 Å². The lowest BCUT2D eigenvalue weighted by Crippen LogP contribution is -2.27. The zero-order valence-electron chi connectivity index (χ0n) is 14.7. The summed E-state index contributed by atoms with van der Waals surface area (Å²) in [7, 11) is 0. The van der Waals surface area contributed by atoms with E-state index in [0.717, 1.165) is 27.8 Å². The summed E-state index contributed by atoms with van der Waals surface area (Å²) in [6, 6.07) is 4.21. The zero-order chi connectivity index (χ0) is 18.0. The van der Waals surface area contributed by atoms with Crippen molar-refractivity contribution < 1.29 is 14.7 Å². The fraction of sp³-hybridized carbons (Fsp3) is 0.450. The molecule has 0 saturated heterocycles.